The SMILES string of the molecule is O=C(Nc1cccc(-c2ccc(OC(F)(F)F)cc2)c1)O[C@@H]1COc2nc([N+](=O)[O-])cn2C1. The van der Waals surface area contributed by atoms with Crippen LogP contribution in [0.4, 0.5) is 29.5 Å². The van der Waals surface area contributed by atoms with E-state index in [0.717, 1.165) is 0 Å². The standard InChI is InChI=1S/C20H15F3N4O6/c21-20(22,23)33-15-6-4-12(5-7-15)13-2-1-3-14(8-13)24-19(28)32-16-9-26-10-17(27(29)30)25-18(26)31-11-16/h1-8,10,16H,9,11H2,(H,24,28)/t16-/m0/s1. The van der Waals surface area contributed by atoms with Crippen LogP contribution in [0.25, 0.3) is 11.1 Å². The average Bonchev–Trinajstić information content (AvgIpc) is 3.17. The minimum atomic E-state index is -4.77. The number of alkyl halides is 3. The minimum Gasteiger partial charge on any atom is -0.442 e. The first kappa shape index (κ1) is 21.9. The summed E-state index contributed by atoms with van der Waals surface area (Å²) in [7, 11) is 0. The largest absolute Gasteiger partial charge is 0.573 e. The molecule has 4 rings (SSSR count). The molecule has 1 aromatic heterocycles. The number of ether oxygens (including phenoxy) is 3. The zero-order chi connectivity index (χ0) is 23.6. The van der Waals surface area contributed by atoms with Crippen molar-refractivity contribution in [3.63, 3.8) is 0 Å². The van der Waals surface area contributed by atoms with E-state index in [-0.39, 0.29) is 30.7 Å². The van der Waals surface area contributed by atoms with Crippen molar-refractivity contribution < 1.29 is 37.1 Å². The van der Waals surface area contributed by atoms with Crippen molar-refractivity contribution in [3.8, 4) is 22.9 Å². The molecule has 0 fully saturated rings. The number of fused-ring (bicyclic) bond motifs is 1. The van der Waals surface area contributed by atoms with E-state index >= 15 is 0 Å². The van der Waals surface area contributed by atoms with Crippen LogP contribution in [0.1, 0.15) is 0 Å². The van der Waals surface area contributed by atoms with Gasteiger partial charge >= 0.3 is 24.3 Å². The lowest BCUT2D eigenvalue weighted by molar-refractivity contribution is -0.389. The van der Waals surface area contributed by atoms with Crippen molar-refractivity contribution in [1.82, 2.24) is 9.55 Å². The molecule has 0 bridgehead atoms. The van der Waals surface area contributed by atoms with E-state index < -0.39 is 23.5 Å². The van der Waals surface area contributed by atoms with Crippen LogP contribution in [-0.2, 0) is 11.3 Å². The van der Waals surface area contributed by atoms with Crippen molar-refractivity contribution in [2.45, 2.75) is 19.0 Å². The van der Waals surface area contributed by atoms with E-state index in [1.165, 1.54) is 35.0 Å². The second-order valence-corrected chi connectivity index (χ2v) is 6.91. The highest BCUT2D eigenvalue weighted by Crippen LogP contribution is 2.28. The highest BCUT2D eigenvalue weighted by atomic mass is 19.4. The van der Waals surface area contributed by atoms with E-state index in [1.54, 1.807) is 24.3 Å². The Morgan fingerprint density at radius 3 is 2.67 bits per heavy atom. The Bertz CT molecular complexity index is 1180. The normalized spacial score (nSPS) is 15.2. The third-order valence-corrected chi connectivity index (χ3v) is 4.52. The fourth-order valence-corrected chi connectivity index (χ4v) is 3.15. The van der Waals surface area contributed by atoms with E-state index in [4.69, 9.17) is 9.47 Å². The van der Waals surface area contributed by atoms with Crippen LogP contribution in [0.15, 0.2) is 54.7 Å². The molecule has 0 aliphatic carbocycles. The molecular formula is C20H15F3N4O6. The summed E-state index contributed by atoms with van der Waals surface area (Å²) in [6.45, 7) is 0.115. The molecule has 0 radical (unpaired) electrons. The number of benzene rings is 2. The number of carbonyl (C=O) groups is 1. The number of imidazole rings is 1. The van der Waals surface area contributed by atoms with Crippen LogP contribution in [-0.4, -0.2) is 39.6 Å². The summed E-state index contributed by atoms with van der Waals surface area (Å²) in [4.78, 5) is 26.2. The Morgan fingerprint density at radius 2 is 1.97 bits per heavy atom. The summed E-state index contributed by atoms with van der Waals surface area (Å²) in [5, 5.41) is 13.4. The van der Waals surface area contributed by atoms with Crippen LogP contribution in [0, 0.1) is 10.1 Å². The van der Waals surface area contributed by atoms with Gasteiger partial charge in [-0.15, -0.1) is 13.2 Å². The monoisotopic (exact) mass is 464 g/mol. The van der Waals surface area contributed by atoms with Crippen molar-refractivity contribution in [2.75, 3.05) is 11.9 Å². The van der Waals surface area contributed by atoms with Crippen molar-refractivity contribution in [2.24, 2.45) is 0 Å². The van der Waals surface area contributed by atoms with Gasteiger partial charge < -0.3 is 24.3 Å². The zero-order valence-corrected chi connectivity index (χ0v) is 16.6. The molecule has 1 amide bonds. The van der Waals surface area contributed by atoms with Crippen LogP contribution in [0.5, 0.6) is 11.8 Å². The molecule has 0 saturated carbocycles. The lowest BCUT2D eigenvalue weighted by atomic mass is 10.1. The number of hydrogen-bond donors (Lipinski definition) is 1. The van der Waals surface area contributed by atoms with Gasteiger partial charge in [0, 0.05) is 10.7 Å². The first-order valence-electron chi connectivity index (χ1n) is 9.44. The van der Waals surface area contributed by atoms with Gasteiger partial charge in [-0.25, -0.2) is 4.79 Å². The number of carbonyl (C=O) groups excluding carboxylic acids is 1. The van der Waals surface area contributed by atoms with Crippen LogP contribution >= 0.6 is 0 Å². The molecular weight excluding hydrogens is 449 g/mol. The first-order valence-corrected chi connectivity index (χ1v) is 9.44. The van der Waals surface area contributed by atoms with Crippen molar-refractivity contribution in [3.05, 3.63) is 64.8 Å². The number of hydrogen-bond acceptors (Lipinski definition) is 7. The molecule has 2 heterocycles. The second-order valence-electron chi connectivity index (χ2n) is 6.91. The average molecular weight is 464 g/mol. The van der Waals surface area contributed by atoms with Gasteiger partial charge in [-0.2, -0.15) is 0 Å². The Morgan fingerprint density at radius 1 is 1.21 bits per heavy atom. The van der Waals surface area contributed by atoms with E-state index in [1.807, 2.05) is 0 Å². The lowest BCUT2D eigenvalue weighted by Gasteiger charge is -2.22. The summed E-state index contributed by atoms with van der Waals surface area (Å²) >= 11 is 0. The topological polar surface area (TPSA) is 118 Å². The highest BCUT2D eigenvalue weighted by molar-refractivity contribution is 5.86. The molecule has 0 unspecified atom stereocenters. The van der Waals surface area contributed by atoms with Gasteiger partial charge in [-0.1, -0.05) is 24.3 Å². The maximum atomic E-state index is 12.3. The third-order valence-electron chi connectivity index (χ3n) is 4.52. The zero-order valence-electron chi connectivity index (χ0n) is 16.6. The van der Waals surface area contributed by atoms with Crippen LogP contribution < -0.4 is 14.8 Å². The number of rotatable bonds is 5. The number of nitro groups is 1. The molecule has 1 aliphatic rings. The minimum absolute atomic E-state index is 0.0199. The lowest BCUT2D eigenvalue weighted by Crippen LogP contribution is -2.35. The summed E-state index contributed by atoms with van der Waals surface area (Å²) in [6, 6.07) is 12.0. The van der Waals surface area contributed by atoms with Crippen LogP contribution in [0.3, 0.4) is 0 Å². The number of aromatic nitrogens is 2. The van der Waals surface area contributed by atoms with E-state index in [0.29, 0.717) is 16.8 Å². The van der Waals surface area contributed by atoms with Crippen LogP contribution in [0.2, 0.25) is 0 Å². The number of amides is 1. The third kappa shape index (κ3) is 5.50. The molecule has 172 valence electrons. The van der Waals surface area contributed by atoms with Crippen molar-refractivity contribution in [1.29, 1.82) is 0 Å². The fourth-order valence-electron chi connectivity index (χ4n) is 3.15. The quantitative estimate of drug-likeness (QED) is 0.440. The van der Waals surface area contributed by atoms with Gasteiger partial charge in [0.2, 0.25) is 0 Å². The molecule has 2 aromatic carbocycles. The first-order chi connectivity index (χ1) is 15.7. The Balaban J connectivity index is 1.37. The van der Waals surface area contributed by atoms with Gasteiger partial charge in [0.05, 0.1) is 6.54 Å². The Kier molecular flexibility index (Phi) is 5.77. The molecule has 13 heteroatoms. The number of halogens is 3. The van der Waals surface area contributed by atoms with Gasteiger partial charge in [0.15, 0.2) is 6.10 Å². The second kappa shape index (κ2) is 8.68. The predicted octanol–water partition coefficient (Wildman–Crippen LogP) is 4.37. The Labute approximate surface area is 183 Å². The summed E-state index contributed by atoms with van der Waals surface area (Å²) in [6.07, 6.45) is -5.05. The number of anilines is 1. The van der Waals surface area contributed by atoms with Gasteiger partial charge in [0.25, 0.3) is 0 Å². The fraction of sp³-hybridized carbons (Fsp3) is 0.200. The highest BCUT2D eigenvalue weighted by Gasteiger charge is 2.31. The molecule has 0 saturated heterocycles. The molecule has 1 aliphatic heterocycles. The Hall–Kier alpha value is -4.29. The maximum Gasteiger partial charge on any atom is 0.573 e. The molecule has 33 heavy (non-hydrogen) atoms. The van der Waals surface area contributed by atoms with E-state index in [9.17, 15) is 28.1 Å². The smallest absolute Gasteiger partial charge is 0.442 e. The van der Waals surface area contributed by atoms with E-state index in [2.05, 4.69) is 15.0 Å². The van der Waals surface area contributed by atoms with Gasteiger partial charge in [0.1, 0.15) is 18.6 Å². The number of nitrogens with one attached hydrogen (secondary N) is 1. The molecule has 1 atom stereocenters. The summed E-state index contributed by atoms with van der Waals surface area (Å²) in [5.74, 6) is -0.713. The number of nitrogens with zero attached hydrogens (tertiary/aromatic N) is 3. The maximum absolute atomic E-state index is 12.3. The summed E-state index contributed by atoms with van der Waals surface area (Å²) in [5.41, 5.74) is 1.64. The predicted molar refractivity (Wildman–Crippen MR) is 107 cm³/mol. The summed E-state index contributed by atoms with van der Waals surface area (Å²) < 4.78 is 52.7. The molecule has 0 spiro atoms. The molecule has 1 N–H and O–H groups in total. The van der Waals surface area contributed by atoms with Crippen molar-refractivity contribution >= 4 is 17.6 Å². The van der Waals surface area contributed by atoms with Gasteiger partial charge in [-0.3, -0.25) is 9.88 Å². The molecule has 10 nitrogen and oxygen atoms in total. The molecule has 3 aromatic rings. The van der Waals surface area contributed by atoms with Gasteiger partial charge in [-0.05, 0) is 40.3 Å².